The number of nitrogens with one attached hydrogen (secondary N) is 1. The van der Waals surface area contributed by atoms with E-state index in [1.54, 1.807) is 0 Å². The lowest BCUT2D eigenvalue weighted by Gasteiger charge is -2.28. The Morgan fingerprint density at radius 1 is 1.21 bits per heavy atom. The average molecular weight is 275 g/mol. The Morgan fingerprint density at radius 3 is 2.58 bits per heavy atom. The normalized spacial score (nSPS) is 30.7. The molecule has 0 heterocycles. The highest BCUT2D eigenvalue weighted by atomic mass is 32.2. The van der Waals surface area contributed by atoms with Gasteiger partial charge in [0.25, 0.3) is 0 Å². The van der Waals surface area contributed by atoms with E-state index >= 15 is 0 Å². The average Bonchev–Trinajstić information content (AvgIpc) is 3.08. The highest BCUT2D eigenvalue weighted by Gasteiger charge is 2.41. The van der Waals surface area contributed by atoms with Crippen molar-refractivity contribution in [3.63, 3.8) is 0 Å². The van der Waals surface area contributed by atoms with E-state index in [1.165, 1.54) is 36.1 Å². The highest BCUT2D eigenvalue weighted by molar-refractivity contribution is 7.98. The topological polar surface area (TPSA) is 12.0 Å². The van der Waals surface area contributed by atoms with Crippen molar-refractivity contribution in [3.8, 4) is 0 Å². The van der Waals surface area contributed by atoms with Crippen LogP contribution >= 0.6 is 11.8 Å². The Labute approximate surface area is 121 Å². The van der Waals surface area contributed by atoms with Gasteiger partial charge in [0.05, 0.1) is 0 Å². The van der Waals surface area contributed by atoms with Crippen LogP contribution in [0.15, 0.2) is 29.2 Å². The molecule has 2 bridgehead atoms. The van der Waals surface area contributed by atoms with Gasteiger partial charge in [-0.25, -0.2) is 0 Å². The minimum atomic E-state index is 0.676. The molecular weight excluding hydrogens is 250 g/mol. The van der Waals surface area contributed by atoms with E-state index in [0.29, 0.717) is 6.04 Å². The summed E-state index contributed by atoms with van der Waals surface area (Å²) < 4.78 is 0. The fourth-order valence-corrected chi connectivity index (χ4v) is 4.49. The molecular formula is C17H25NS. The maximum Gasteiger partial charge on any atom is 0.0208 e. The molecule has 3 rings (SSSR count). The number of thioether (sulfide) groups is 1. The van der Waals surface area contributed by atoms with Crippen LogP contribution in [0.3, 0.4) is 0 Å². The molecule has 2 saturated carbocycles. The first-order chi connectivity index (χ1) is 9.26. The van der Waals surface area contributed by atoms with Gasteiger partial charge in [0.1, 0.15) is 0 Å². The molecule has 0 amide bonds. The fraction of sp³-hybridized carbons (Fsp3) is 0.647. The van der Waals surface area contributed by atoms with E-state index < -0.39 is 0 Å². The van der Waals surface area contributed by atoms with E-state index in [9.17, 15) is 0 Å². The SMILES string of the molecule is CSc1ccc(CN[C@@H](C)[C@H]2C[C@H]3CC[C@H]2C3)cc1. The second-order valence-electron chi connectivity index (χ2n) is 6.36. The zero-order valence-electron chi connectivity index (χ0n) is 12.1. The molecule has 104 valence electrons. The summed E-state index contributed by atoms with van der Waals surface area (Å²) in [4.78, 5) is 1.35. The minimum Gasteiger partial charge on any atom is -0.310 e. The summed E-state index contributed by atoms with van der Waals surface area (Å²) in [6.45, 7) is 3.41. The van der Waals surface area contributed by atoms with Crippen LogP contribution in [0.5, 0.6) is 0 Å². The molecule has 2 fully saturated rings. The third-order valence-corrected chi connectivity index (χ3v) is 5.97. The summed E-state index contributed by atoms with van der Waals surface area (Å²) >= 11 is 1.81. The summed E-state index contributed by atoms with van der Waals surface area (Å²) in [6, 6.07) is 9.64. The van der Waals surface area contributed by atoms with E-state index in [0.717, 1.165) is 24.3 Å². The van der Waals surface area contributed by atoms with Crippen molar-refractivity contribution in [2.24, 2.45) is 17.8 Å². The molecule has 1 aromatic carbocycles. The highest BCUT2D eigenvalue weighted by Crippen LogP contribution is 2.49. The number of rotatable bonds is 5. The van der Waals surface area contributed by atoms with Gasteiger partial charge in [-0.3, -0.25) is 0 Å². The summed E-state index contributed by atoms with van der Waals surface area (Å²) in [5.74, 6) is 3.01. The lowest BCUT2D eigenvalue weighted by molar-refractivity contribution is 0.259. The van der Waals surface area contributed by atoms with E-state index in [1.807, 2.05) is 11.8 Å². The van der Waals surface area contributed by atoms with Crippen LogP contribution in [0.4, 0.5) is 0 Å². The van der Waals surface area contributed by atoms with Crippen LogP contribution in [0, 0.1) is 17.8 Å². The van der Waals surface area contributed by atoms with Crippen molar-refractivity contribution < 1.29 is 0 Å². The van der Waals surface area contributed by atoms with E-state index in [2.05, 4.69) is 42.8 Å². The largest absolute Gasteiger partial charge is 0.310 e. The number of benzene rings is 1. The fourth-order valence-electron chi connectivity index (χ4n) is 4.08. The molecule has 1 aromatic rings. The molecule has 0 spiro atoms. The molecule has 0 radical (unpaired) electrons. The Hall–Kier alpha value is -0.470. The van der Waals surface area contributed by atoms with Crippen LogP contribution in [-0.2, 0) is 6.54 Å². The zero-order valence-corrected chi connectivity index (χ0v) is 12.9. The van der Waals surface area contributed by atoms with Crippen LogP contribution in [0.1, 0.15) is 38.2 Å². The summed E-state index contributed by atoms with van der Waals surface area (Å²) in [6.07, 6.45) is 8.11. The Balaban J connectivity index is 1.51. The van der Waals surface area contributed by atoms with Gasteiger partial charge in [-0.05, 0) is 67.9 Å². The summed E-state index contributed by atoms with van der Waals surface area (Å²) in [7, 11) is 0. The van der Waals surface area contributed by atoms with Crippen molar-refractivity contribution in [1.29, 1.82) is 0 Å². The third kappa shape index (κ3) is 3.00. The third-order valence-electron chi connectivity index (χ3n) is 5.22. The van der Waals surface area contributed by atoms with Crippen molar-refractivity contribution in [2.45, 2.75) is 50.1 Å². The van der Waals surface area contributed by atoms with Gasteiger partial charge in [0.2, 0.25) is 0 Å². The predicted molar refractivity (Wildman–Crippen MR) is 83.5 cm³/mol. The molecule has 0 unspecified atom stereocenters. The molecule has 1 N–H and O–H groups in total. The number of fused-ring (bicyclic) bond motifs is 2. The van der Waals surface area contributed by atoms with Gasteiger partial charge >= 0.3 is 0 Å². The molecule has 4 atom stereocenters. The van der Waals surface area contributed by atoms with Crippen molar-refractivity contribution in [1.82, 2.24) is 5.32 Å². The zero-order chi connectivity index (χ0) is 13.2. The Morgan fingerprint density at radius 2 is 2.00 bits per heavy atom. The molecule has 0 saturated heterocycles. The predicted octanol–water partition coefficient (Wildman–Crippen LogP) is 4.32. The first kappa shape index (κ1) is 13.5. The quantitative estimate of drug-likeness (QED) is 0.803. The molecule has 0 aromatic heterocycles. The molecule has 2 aliphatic carbocycles. The lowest BCUT2D eigenvalue weighted by Crippen LogP contribution is -2.35. The molecule has 19 heavy (non-hydrogen) atoms. The van der Waals surface area contributed by atoms with Crippen LogP contribution in [-0.4, -0.2) is 12.3 Å². The van der Waals surface area contributed by atoms with E-state index in [4.69, 9.17) is 0 Å². The Kier molecular flexibility index (Phi) is 4.18. The summed E-state index contributed by atoms with van der Waals surface area (Å²) in [5, 5.41) is 3.76. The lowest BCUT2D eigenvalue weighted by atomic mass is 9.84. The maximum atomic E-state index is 3.76. The monoisotopic (exact) mass is 275 g/mol. The number of hydrogen-bond acceptors (Lipinski definition) is 2. The first-order valence-electron chi connectivity index (χ1n) is 7.62. The standard InChI is InChI=1S/C17H25NS/c1-12(17-10-14-3-6-15(17)9-14)18-11-13-4-7-16(19-2)8-5-13/h4-5,7-8,12,14-15,17-18H,3,6,9-11H2,1-2H3/t12-,14-,15-,17+/m0/s1. The second-order valence-corrected chi connectivity index (χ2v) is 7.24. The van der Waals surface area contributed by atoms with Gasteiger partial charge in [-0.15, -0.1) is 11.8 Å². The van der Waals surface area contributed by atoms with Crippen LogP contribution in [0.2, 0.25) is 0 Å². The van der Waals surface area contributed by atoms with Crippen LogP contribution < -0.4 is 5.32 Å². The van der Waals surface area contributed by atoms with Crippen LogP contribution in [0.25, 0.3) is 0 Å². The first-order valence-corrected chi connectivity index (χ1v) is 8.85. The molecule has 2 aliphatic rings. The van der Waals surface area contributed by atoms with Gasteiger partial charge in [-0.2, -0.15) is 0 Å². The minimum absolute atomic E-state index is 0.676. The Bertz CT molecular complexity index is 414. The summed E-state index contributed by atoms with van der Waals surface area (Å²) in [5.41, 5.74) is 1.41. The maximum absolute atomic E-state index is 3.76. The van der Waals surface area contributed by atoms with Gasteiger partial charge in [-0.1, -0.05) is 18.6 Å². The van der Waals surface area contributed by atoms with Gasteiger partial charge in [0, 0.05) is 17.5 Å². The molecule has 2 heteroatoms. The molecule has 1 nitrogen and oxygen atoms in total. The van der Waals surface area contributed by atoms with Crippen molar-refractivity contribution >= 4 is 11.8 Å². The number of hydrogen-bond donors (Lipinski definition) is 1. The molecule has 0 aliphatic heterocycles. The van der Waals surface area contributed by atoms with Gasteiger partial charge < -0.3 is 5.32 Å². The van der Waals surface area contributed by atoms with Crippen molar-refractivity contribution in [2.75, 3.05) is 6.26 Å². The van der Waals surface area contributed by atoms with E-state index in [-0.39, 0.29) is 0 Å². The van der Waals surface area contributed by atoms with Crippen molar-refractivity contribution in [3.05, 3.63) is 29.8 Å². The smallest absolute Gasteiger partial charge is 0.0208 e. The van der Waals surface area contributed by atoms with Gasteiger partial charge in [0.15, 0.2) is 0 Å². The second kappa shape index (κ2) is 5.88.